The van der Waals surface area contributed by atoms with E-state index >= 15 is 0 Å². The van der Waals surface area contributed by atoms with E-state index in [0.717, 1.165) is 35.1 Å². The average Bonchev–Trinajstić information content (AvgIpc) is 3.38. The van der Waals surface area contributed by atoms with Crippen LogP contribution in [0.1, 0.15) is 137 Å². The summed E-state index contributed by atoms with van der Waals surface area (Å²) in [5, 5.41) is 7.79. The van der Waals surface area contributed by atoms with Crippen molar-refractivity contribution in [3.05, 3.63) is 58.7 Å². The predicted molar refractivity (Wildman–Crippen MR) is 191 cm³/mol. The maximum Gasteiger partial charge on any atom is 0.331 e. The fourth-order valence-corrected chi connectivity index (χ4v) is 6.38. The van der Waals surface area contributed by atoms with Gasteiger partial charge in [0.2, 0.25) is 11.6 Å². The first kappa shape index (κ1) is 40.4. The van der Waals surface area contributed by atoms with Gasteiger partial charge >= 0.3 is 23.9 Å². The normalized spacial score (nSPS) is 13.1. The van der Waals surface area contributed by atoms with Crippen molar-refractivity contribution in [1.29, 1.82) is 0 Å². The minimum Gasteiger partial charge on any atom is -0.469 e. The molecule has 0 amide bonds. The molecule has 0 N–H and O–H groups in total. The number of benzene rings is 2. The number of unbranched alkanes of at least 4 members (excludes halogenated alkanes) is 2. The van der Waals surface area contributed by atoms with Gasteiger partial charge in [0.05, 0.1) is 14.2 Å². The van der Waals surface area contributed by atoms with Gasteiger partial charge in [-0.3, -0.25) is 19.2 Å². The summed E-state index contributed by atoms with van der Waals surface area (Å²) in [5.41, 5.74) is 3.32. The van der Waals surface area contributed by atoms with Gasteiger partial charge in [0, 0.05) is 43.2 Å². The van der Waals surface area contributed by atoms with E-state index in [2.05, 4.69) is 10.3 Å². The number of ketones is 2. The zero-order valence-corrected chi connectivity index (χ0v) is 30.4. The van der Waals surface area contributed by atoms with Gasteiger partial charge in [-0.15, -0.1) is 0 Å². The standard InChI is InChI=1S/C39H48N2O10/c1-7-9-13-33(40-50-25(3)42)37(46)27-17-19-29-30-20-18-28(38(47)34(14-10-8-2)41-51-26(4)43)24-32(30)39(31(29)23-27,21-11-15-35(44)48-5)22-12-16-36(45)49-6/h17-20,23-24H,7-16,21-22H2,1-6H3/b40-33+,41-34+. The second-order valence-corrected chi connectivity index (χ2v) is 12.6. The van der Waals surface area contributed by atoms with E-state index in [-0.39, 0.29) is 47.8 Å². The van der Waals surface area contributed by atoms with Crippen LogP contribution in [-0.2, 0) is 43.7 Å². The van der Waals surface area contributed by atoms with Gasteiger partial charge in [-0.05, 0) is 85.8 Å². The summed E-state index contributed by atoms with van der Waals surface area (Å²) >= 11 is 0. The number of nitrogens with zero attached hydrogens (tertiary/aromatic N) is 2. The van der Waals surface area contributed by atoms with Crippen LogP contribution in [0.25, 0.3) is 11.1 Å². The van der Waals surface area contributed by atoms with Crippen LogP contribution in [0.2, 0.25) is 0 Å². The second-order valence-electron chi connectivity index (χ2n) is 12.6. The van der Waals surface area contributed by atoms with E-state index < -0.39 is 17.4 Å². The van der Waals surface area contributed by atoms with Crippen LogP contribution in [0.3, 0.4) is 0 Å². The van der Waals surface area contributed by atoms with Gasteiger partial charge in [-0.2, -0.15) is 0 Å². The Hall–Kier alpha value is -5.00. The van der Waals surface area contributed by atoms with Gasteiger partial charge in [0.1, 0.15) is 11.4 Å². The van der Waals surface area contributed by atoms with Crippen LogP contribution in [0.15, 0.2) is 46.7 Å². The largest absolute Gasteiger partial charge is 0.469 e. The second kappa shape index (κ2) is 19.4. The number of methoxy groups -OCH3 is 2. The summed E-state index contributed by atoms with van der Waals surface area (Å²) in [6, 6.07) is 10.7. The summed E-state index contributed by atoms with van der Waals surface area (Å²) < 4.78 is 9.85. The number of esters is 2. The quantitative estimate of drug-likeness (QED) is 0.0452. The minimum atomic E-state index is -0.841. The smallest absolute Gasteiger partial charge is 0.331 e. The molecule has 1 aliphatic rings. The number of oxime groups is 2. The first-order valence-electron chi connectivity index (χ1n) is 17.4. The van der Waals surface area contributed by atoms with E-state index in [4.69, 9.17) is 19.1 Å². The van der Waals surface area contributed by atoms with Gasteiger partial charge in [-0.25, -0.2) is 9.59 Å². The van der Waals surface area contributed by atoms with E-state index in [1.807, 2.05) is 26.0 Å². The van der Waals surface area contributed by atoms with Crippen molar-refractivity contribution >= 4 is 46.9 Å². The fraction of sp³-hybridized carbons (Fsp3) is 0.487. The molecular formula is C39H48N2O10. The monoisotopic (exact) mass is 704 g/mol. The number of Topliss-reactive ketones (excluding diaryl/α,β-unsaturated/α-hetero) is 2. The molecule has 0 spiro atoms. The van der Waals surface area contributed by atoms with E-state index in [1.165, 1.54) is 28.1 Å². The Morgan fingerprint density at radius 2 is 0.980 bits per heavy atom. The molecule has 0 bridgehead atoms. The van der Waals surface area contributed by atoms with Crippen molar-refractivity contribution in [2.75, 3.05) is 14.2 Å². The molecule has 51 heavy (non-hydrogen) atoms. The number of ether oxygens (including phenoxy) is 2. The molecule has 274 valence electrons. The maximum absolute atomic E-state index is 13.9. The molecule has 0 saturated heterocycles. The summed E-state index contributed by atoms with van der Waals surface area (Å²) in [5.74, 6) is -2.82. The Morgan fingerprint density at radius 3 is 1.31 bits per heavy atom. The van der Waals surface area contributed by atoms with E-state index in [0.29, 0.717) is 62.5 Å². The molecule has 12 heteroatoms. The molecule has 0 heterocycles. The third-order valence-electron chi connectivity index (χ3n) is 8.94. The van der Waals surface area contributed by atoms with Crippen molar-refractivity contribution in [2.24, 2.45) is 10.3 Å². The Morgan fingerprint density at radius 1 is 0.588 bits per heavy atom. The number of rotatable bonds is 20. The molecule has 2 aromatic carbocycles. The molecule has 0 saturated carbocycles. The Kier molecular flexibility index (Phi) is 15.4. The molecule has 0 fully saturated rings. The lowest BCUT2D eigenvalue weighted by Gasteiger charge is -2.33. The van der Waals surface area contributed by atoms with Crippen LogP contribution in [-0.4, -0.2) is 61.1 Å². The first-order chi connectivity index (χ1) is 24.4. The Bertz CT molecular complexity index is 1570. The van der Waals surface area contributed by atoms with Crippen LogP contribution >= 0.6 is 0 Å². The van der Waals surface area contributed by atoms with Gasteiger partial charge in [-0.1, -0.05) is 61.3 Å². The lowest BCUT2D eigenvalue weighted by Crippen LogP contribution is -2.27. The van der Waals surface area contributed by atoms with Crippen LogP contribution in [0.4, 0.5) is 0 Å². The summed E-state index contributed by atoms with van der Waals surface area (Å²) in [6.45, 7) is 6.38. The molecule has 1 aliphatic carbocycles. The van der Waals surface area contributed by atoms with Crippen molar-refractivity contribution in [3.8, 4) is 11.1 Å². The highest BCUT2D eigenvalue weighted by molar-refractivity contribution is 6.46. The fourth-order valence-electron chi connectivity index (χ4n) is 6.38. The third-order valence-corrected chi connectivity index (χ3v) is 8.94. The van der Waals surface area contributed by atoms with Crippen LogP contribution < -0.4 is 0 Å². The highest BCUT2D eigenvalue weighted by Gasteiger charge is 2.43. The number of hydrogen-bond donors (Lipinski definition) is 0. The summed E-state index contributed by atoms with van der Waals surface area (Å²) in [7, 11) is 2.65. The Labute approximate surface area is 298 Å². The van der Waals surface area contributed by atoms with Crippen molar-refractivity contribution in [2.45, 2.75) is 110 Å². The first-order valence-corrected chi connectivity index (χ1v) is 17.4. The number of fused-ring (bicyclic) bond motifs is 3. The molecule has 0 unspecified atom stereocenters. The highest BCUT2D eigenvalue weighted by atomic mass is 16.7. The van der Waals surface area contributed by atoms with Gasteiger partial charge in [0.25, 0.3) is 0 Å². The average molecular weight is 705 g/mol. The summed E-state index contributed by atoms with van der Waals surface area (Å²) in [6.07, 6.45) is 5.44. The molecule has 2 aromatic rings. The molecule has 3 rings (SSSR count). The van der Waals surface area contributed by atoms with Gasteiger partial charge < -0.3 is 19.1 Å². The highest BCUT2D eigenvalue weighted by Crippen LogP contribution is 2.54. The zero-order chi connectivity index (χ0) is 37.6. The number of carbonyl (C=O) groups is 6. The summed E-state index contributed by atoms with van der Waals surface area (Å²) in [4.78, 5) is 85.3. The zero-order valence-electron chi connectivity index (χ0n) is 30.4. The number of hydrogen-bond acceptors (Lipinski definition) is 12. The molecule has 0 atom stereocenters. The molecule has 0 aliphatic heterocycles. The molecule has 0 aromatic heterocycles. The van der Waals surface area contributed by atoms with E-state index in [1.54, 1.807) is 24.3 Å². The lowest BCUT2D eigenvalue weighted by atomic mass is 9.70. The van der Waals surface area contributed by atoms with Crippen LogP contribution in [0, 0.1) is 0 Å². The van der Waals surface area contributed by atoms with Crippen molar-refractivity contribution < 1.29 is 47.9 Å². The Balaban J connectivity index is 2.26. The van der Waals surface area contributed by atoms with Crippen molar-refractivity contribution in [1.82, 2.24) is 0 Å². The van der Waals surface area contributed by atoms with Crippen molar-refractivity contribution in [3.63, 3.8) is 0 Å². The number of carbonyl (C=O) groups excluding carboxylic acids is 6. The van der Waals surface area contributed by atoms with Gasteiger partial charge in [0.15, 0.2) is 0 Å². The third kappa shape index (κ3) is 10.5. The molecule has 12 nitrogen and oxygen atoms in total. The molecular weight excluding hydrogens is 656 g/mol. The van der Waals surface area contributed by atoms with Crippen LogP contribution in [0.5, 0.6) is 0 Å². The minimum absolute atomic E-state index is 0.115. The SMILES string of the molecule is CCCC/C(=N\OC(C)=O)C(=O)c1ccc2c(c1)C(CCCC(=O)OC)(CCCC(=O)OC)c1cc(C(=O)/C(CCCC)=N/OC(C)=O)ccc1-2. The topological polar surface area (TPSA) is 164 Å². The predicted octanol–water partition coefficient (Wildman–Crippen LogP) is 7.22. The maximum atomic E-state index is 13.9. The van der Waals surface area contributed by atoms with E-state index in [9.17, 15) is 28.8 Å². The molecule has 0 radical (unpaired) electrons. The lowest BCUT2D eigenvalue weighted by molar-refractivity contribution is -0.141.